The second kappa shape index (κ2) is 11.7. The Labute approximate surface area is 180 Å². The topological polar surface area (TPSA) is 42.9 Å². The molecule has 3 rings (SSSR count). The Balaban J connectivity index is 1.53. The fourth-order valence-electron chi connectivity index (χ4n) is 3.60. The molecule has 2 aromatic rings. The number of hydrogen-bond acceptors (Lipinski definition) is 3. The highest BCUT2D eigenvalue weighted by Crippen LogP contribution is 2.11. The van der Waals surface area contributed by atoms with Crippen LogP contribution < -0.4 is 10.6 Å². The van der Waals surface area contributed by atoms with Crippen molar-refractivity contribution in [3.05, 3.63) is 71.0 Å². The van der Waals surface area contributed by atoms with Crippen LogP contribution in [0.25, 0.3) is 0 Å². The van der Waals surface area contributed by atoms with Gasteiger partial charge in [0, 0.05) is 38.3 Å². The number of aliphatic imine (C=N–C) groups is 1. The molecule has 0 aliphatic carbocycles. The van der Waals surface area contributed by atoms with Crippen LogP contribution in [0, 0.1) is 5.82 Å². The molecule has 5 nitrogen and oxygen atoms in total. The molecular formula is C24H34FN5. The largest absolute Gasteiger partial charge is 0.357 e. The van der Waals surface area contributed by atoms with E-state index in [1.54, 1.807) is 12.1 Å². The fourth-order valence-corrected chi connectivity index (χ4v) is 3.60. The van der Waals surface area contributed by atoms with Crippen molar-refractivity contribution in [2.24, 2.45) is 4.99 Å². The molecular weight excluding hydrogens is 377 g/mol. The summed E-state index contributed by atoms with van der Waals surface area (Å²) in [6.45, 7) is 9.39. The van der Waals surface area contributed by atoms with E-state index in [0.29, 0.717) is 24.6 Å². The van der Waals surface area contributed by atoms with E-state index in [1.807, 2.05) is 13.0 Å². The Morgan fingerprint density at radius 2 is 1.73 bits per heavy atom. The fraction of sp³-hybridized carbons (Fsp3) is 0.458. The van der Waals surface area contributed by atoms with Gasteiger partial charge in [-0.1, -0.05) is 42.5 Å². The van der Waals surface area contributed by atoms with E-state index in [-0.39, 0.29) is 5.82 Å². The molecule has 2 N–H and O–H groups in total. The number of nitrogens with one attached hydrogen (secondary N) is 2. The third-order valence-corrected chi connectivity index (χ3v) is 5.41. The Hall–Kier alpha value is -2.44. The monoisotopic (exact) mass is 411 g/mol. The van der Waals surface area contributed by atoms with Gasteiger partial charge in [0.25, 0.3) is 0 Å². The quantitative estimate of drug-likeness (QED) is 0.542. The van der Waals surface area contributed by atoms with Gasteiger partial charge < -0.3 is 15.5 Å². The van der Waals surface area contributed by atoms with Gasteiger partial charge in [-0.2, -0.15) is 0 Å². The van der Waals surface area contributed by atoms with E-state index in [1.165, 1.54) is 24.6 Å². The maximum Gasteiger partial charge on any atom is 0.191 e. The van der Waals surface area contributed by atoms with Gasteiger partial charge in [0.15, 0.2) is 5.96 Å². The third-order valence-electron chi connectivity index (χ3n) is 5.41. The van der Waals surface area contributed by atoms with Crippen molar-refractivity contribution in [1.29, 1.82) is 0 Å². The minimum absolute atomic E-state index is 0.201. The van der Waals surface area contributed by atoms with E-state index < -0.39 is 0 Å². The molecule has 30 heavy (non-hydrogen) atoms. The number of likely N-dealkylation sites (N-methyl/N-ethyl adjacent to an activating group) is 1. The highest BCUT2D eigenvalue weighted by Gasteiger charge is 2.12. The second-order valence-corrected chi connectivity index (χ2v) is 7.89. The molecule has 1 saturated heterocycles. The summed E-state index contributed by atoms with van der Waals surface area (Å²) in [6.07, 6.45) is 1.23. The van der Waals surface area contributed by atoms with Crippen molar-refractivity contribution in [3.63, 3.8) is 0 Å². The van der Waals surface area contributed by atoms with Crippen molar-refractivity contribution in [2.45, 2.75) is 33.0 Å². The summed E-state index contributed by atoms with van der Waals surface area (Å²) in [4.78, 5) is 9.59. The van der Waals surface area contributed by atoms with Gasteiger partial charge >= 0.3 is 0 Å². The molecule has 0 aromatic heterocycles. The number of halogens is 1. The van der Waals surface area contributed by atoms with Crippen LogP contribution in [0.3, 0.4) is 0 Å². The highest BCUT2D eigenvalue weighted by atomic mass is 19.1. The number of benzene rings is 2. The maximum atomic E-state index is 13.8. The second-order valence-electron chi connectivity index (χ2n) is 7.89. The van der Waals surface area contributed by atoms with Gasteiger partial charge in [0.1, 0.15) is 5.82 Å². The molecule has 0 bridgehead atoms. The summed E-state index contributed by atoms with van der Waals surface area (Å²) in [7, 11) is 2.20. The minimum atomic E-state index is -0.201. The zero-order valence-corrected chi connectivity index (χ0v) is 18.2. The predicted octanol–water partition coefficient (Wildman–Crippen LogP) is 3.22. The van der Waals surface area contributed by atoms with Crippen molar-refractivity contribution in [1.82, 2.24) is 20.4 Å². The zero-order valence-electron chi connectivity index (χ0n) is 18.2. The van der Waals surface area contributed by atoms with Crippen LogP contribution in [0.5, 0.6) is 0 Å². The molecule has 0 spiro atoms. The van der Waals surface area contributed by atoms with Crippen molar-refractivity contribution in [2.75, 3.05) is 39.8 Å². The molecule has 1 fully saturated rings. The average Bonchev–Trinajstić information content (AvgIpc) is 2.96. The molecule has 0 radical (unpaired) electrons. The smallest absolute Gasteiger partial charge is 0.191 e. The molecule has 162 valence electrons. The first-order chi connectivity index (χ1) is 14.6. The first-order valence-electron chi connectivity index (χ1n) is 10.9. The van der Waals surface area contributed by atoms with Crippen molar-refractivity contribution >= 4 is 5.96 Å². The summed E-state index contributed by atoms with van der Waals surface area (Å²) >= 11 is 0. The summed E-state index contributed by atoms with van der Waals surface area (Å²) in [5, 5.41) is 6.43. The Morgan fingerprint density at radius 3 is 2.50 bits per heavy atom. The van der Waals surface area contributed by atoms with Crippen LogP contribution in [0.15, 0.2) is 53.5 Å². The van der Waals surface area contributed by atoms with Gasteiger partial charge in [-0.25, -0.2) is 9.38 Å². The summed E-state index contributed by atoms with van der Waals surface area (Å²) in [6, 6.07) is 15.5. The lowest BCUT2D eigenvalue weighted by Crippen LogP contribution is -2.37. The van der Waals surface area contributed by atoms with E-state index in [0.717, 1.165) is 38.3 Å². The zero-order chi connectivity index (χ0) is 21.2. The van der Waals surface area contributed by atoms with E-state index in [2.05, 4.69) is 56.7 Å². The maximum absolute atomic E-state index is 13.8. The van der Waals surface area contributed by atoms with Crippen LogP contribution in [0.1, 0.15) is 30.0 Å². The van der Waals surface area contributed by atoms with Gasteiger partial charge in [-0.05, 0) is 50.7 Å². The standard InChI is InChI=1S/C24H34FN5/c1-3-26-24(28-18-22-7-4-5-8-23(22)25)27-17-20-9-11-21(12-10-20)19-30-14-6-13-29(2)15-16-30/h4-5,7-12H,3,6,13-19H2,1-2H3,(H2,26,27,28). The Morgan fingerprint density at radius 1 is 0.967 bits per heavy atom. The van der Waals surface area contributed by atoms with Crippen LogP contribution >= 0.6 is 0 Å². The summed E-state index contributed by atoms with van der Waals surface area (Å²) in [5.74, 6) is 0.492. The number of guanidine groups is 1. The van der Waals surface area contributed by atoms with E-state index in [9.17, 15) is 4.39 Å². The van der Waals surface area contributed by atoms with Crippen LogP contribution in [0.2, 0.25) is 0 Å². The lowest BCUT2D eigenvalue weighted by Gasteiger charge is -2.20. The van der Waals surface area contributed by atoms with Crippen molar-refractivity contribution < 1.29 is 4.39 Å². The van der Waals surface area contributed by atoms with Gasteiger partial charge in [-0.3, -0.25) is 4.90 Å². The van der Waals surface area contributed by atoms with E-state index in [4.69, 9.17) is 0 Å². The summed E-state index contributed by atoms with van der Waals surface area (Å²) in [5.41, 5.74) is 3.14. The predicted molar refractivity (Wildman–Crippen MR) is 122 cm³/mol. The van der Waals surface area contributed by atoms with Gasteiger partial charge in [0.05, 0.1) is 6.54 Å². The highest BCUT2D eigenvalue weighted by molar-refractivity contribution is 5.79. The van der Waals surface area contributed by atoms with Gasteiger partial charge in [-0.15, -0.1) is 0 Å². The number of nitrogens with zero attached hydrogens (tertiary/aromatic N) is 3. The average molecular weight is 412 g/mol. The molecule has 1 aliphatic heterocycles. The van der Waals surface area contributed by atoms with Crippen molar-refractivity contribution in [3.8, 4) is 0 Å². The molecule has 6 heteroatoms. The normalized spacial score (nSPS) is 16.3. The number of rotatable bonds is 7. The molecule has 0 amide bonds. The molecule has 0 unspecified atom stereocenters. The number of hydrogen-bond donors (Lipinski definition) is 2. The molecule has 1 heterocycles. The Kier molecular flexibility index (Phi) is 8.66. The Bertz CT molecular complexity index is 805. The summed E-state index contributed by atoms with van der Waals surface area (Å²) < 4.78 is 13.8. The first kappa shape index (κ1) is 22.2. The minimum Gasteiger partial charge on any atom is -0.357 e. The third kappa shape index (κ3) is 7.11. The molecule has 0 atom stereocenters. The SMILES string of the molecule is CCNC(=NCc1ccc(CN2CCCN(C)CC2)cc1)NCc1ccccc1F. The van der Waals surface area contributed by atoms with Crippen LogP contribution in [-0.2, 0) is 19.6 Å². The van der Waals surface area contributed by atoms with E-state index >= 15 is 0 Å². The molecule has 2 aromatic carbocycles. The lowest BCUT2D eigenvalue weighted by atomic mass is 10.1. The molecule has 0 saturated carbocycles. The lowest BCUT2D eigenvalue weighted by molar-refractivity contribution is 0.269. The first-order valence-corrected chi connectivity index (χ1v) is 10.9. The molecule has 1 aliphatic rings. The van der Waals surface area contributed by atoms with Gasteiger partial charge in [0.2, 0.25) is 0 Å². The van der Waals surface area contributed by atoms with Crippen LogP contribution in [-0.4, -0.2) is 55.5 Å². The van der Waals surface area contributed by atoms with Crippen LogP contribution in [0.4, 0.5) is 4.39 Å².